The van der Waals surface area contributed by atoms with Crippen molar-refractivity contribution < 1.29 is 89.4 Å². The van der Waals surface area contributed by atoms with Gasteiger partial charge in [-0.1, -0.05) is 281 Å². The fourth-order valence-electron chi connectivity index (χ4n) is 13.1. The minimum atomic E-state index is -1.98. The van der Waals surface area contributed by atoms with Gasteiger partial charge in [0, 0.05) is 6.42 Å². The van der Waals surface area contributed by atoms with Crippen molar-refractivity contribution in [3.05, 3.63) is 48.6 Å². The van der Waals surface area contributed by atoms with E-state index in [0.29, 0.717) is 12.8 Å². The van der Waals surface area contributed by atoms with E-state index in [1.54, 1.807) is 6.08 Å². The maximum absolute atomic E-state index is 13.5. The number of hydrogen-bond donors (Lipinski definition) is 12. The van der Waals surface area contributed by atoms with Gasteiger partial charge < -0.3 is 89.9 Å². The summed E-state index contributed by atoms with van der Waals surface area (Å²) in [6, 6.07) is -0.991. The van der Waals surface area contributed by atoms with Crippen LogP contribution in [0.4, 0.5) is 0 Å². The molecule has 0 bridgehead atoms. The number of unbranched alkanes of at least 4 members (excludes halogenated alkanes) is 39. The molecule has 0 aromatic heterocycles. The van der Waals surface area contributed by atoms with Crippen molar-refractivity contribution in [3.8, 4) is 0 Å². The number of nitrogens with one attached hydrogen (secondary N) is 1. The zero-order valence-corrected chi connectivity index (χ0v) is 59.9. The summed E-state index contributed by atoms with van der Waals surface area (Å²) >= 11 is 0. The van der Waals surface area contributed by atoms with Crippen molar-refractivity contribution in [2.75, 3.05) is 26.4 Å². The zero-order valence-electron chi connectivity index (χ0n) is 59.9. The molecule has 19 nitrogen and oxygen atoms in total. The summed E-state index contributed by atoms with van der Waals surface area (Å²) in [5.74, 6) is -0.281. The molecule has 96 heavy (non-hydrogen) atoms. The van der Waals surface area contributed by atoms with Gasteiger partial charge in [0.25, 0.3) is 0 Å². The SMILES string of the molecule is CCCCCCC/C=C\C/C=C\CCCCCCCCCCCCCCCCCCCC(=O)NC(COC1OC(CO)C(OC2OC(CO)C(OC3OC(CO)C(O)C(O)C3O)C(O)C2O)C(O)C1O)C(O)/C=C/CC/C=C/CCCCCCCCCCCCCCCCCC. The van der Waals surface area contributed by atoms with E-state index in [0.717, 1.165) is 44.9 Å². The normalized spacial score (nSPS) is 27.3. The highest BCUT2D eigenvalue weighted by atomic mass is 16.8. The summed E-state index contributed by atoms with van der Waals surface area (Å²) in [6.45, 7) is 1.74. The molecule has 3 fully saturated rings. The average molecular weight is 1370 g/mol. The lowest BCUT2D eigenvalue weighted by Gasteiger charge is -2.48. The molecule has 3 aliphatic heterocycles. The monoisotopic (exact) mass is 1370 g/mol. The van der Waals surface area contributed by atoms with Gasteiger partial charge in [-0.3, -0.25) is 4.79 Å². The molecule has 1 amide bonds. The standard InChI is InChI=1S/C77H141NO18/c1-3-5-7-9-11-13-15-17-19-21-23-25-27-28-29-30-31-32-33-35-37-39-41-43-45-47-49-51-53-55-65(83)78-60(61(82)54-52-50-48-46-44-42-40-38-36-34-26-24-22-20-18-16-14-12-10-8-6-4-2)59-91-75-71(89)68(86)73(63(57-80)93-75)96-77-72(90)69(87)74(64(58-81)94-77)95-76-70(88)67(85)66(84)62(56-79)92-76/h15,17,21,23,44,46,52,54,60-64,66-77,79-82,84-90H,3-14,16,18-20,22,24-43,45,47-51,53,55-59H2,1-2H3,(H,78,83)/b17-15-,23-21-,46-44+,54-52+. The van der Waals surface area contributed by atoms with Gasteiger partial charge in [-0.15, -0.1) is 0 Å². The average Bonchev–Trinajstić information content (AvgIpc) is 0.787. The smallest absolute Gasteiger partial charge is 0.220 e. The molecular formula is C77H141NO18. The molecule has 0 saturated carbocycles. The van der Waals surface area contributed by atoms with Crippen molar-refractivity contribution >= 4 is 5.91 Å². The molecule has 0 aromatic carbocycles. The summed E-state index contributed by atoms with van der Waals surface area (Å²) in [4.78, 5) is 13.5. The molecule has 3 aliphatic rings. The van der Waals surface area contributed by atoms with E-state index >= 15 is 0 Å². The molecule has 19 heteroatoms. The van der Waals surface area contributed by atoms with Crippen LogP contribution in [0.5, 0.6) is 0 Å². The molecule has 0 radical (unpaired) electrons. The number of amides is 1. The first-order valence-electron chi connectivity index (χ1n) is 38.9. The van der Waals surface area contributed by atoms with Crippen molar-refractivity contribution in [2.45, 2.75) is 407 Å². The van der Waals surface area contributed by atoms with E-state index in [4.69, 9.17) is 28.4 Å². The van der Waals surface area contributed by atoms with Crippen molar-refractivity contribution in [2.24, 2.45) is 0 Å². The molecule has 562 valence electrons. The first kappa shape index (κ1) is 88.0. The summed E-state index contributed by atoms with van der Waals surface area (Å²) < 4.78 is 34.4. The molecule has 0 aliphatic carbocycles. The fourth-order valence-corrected chi connectivity index (χ4v) is 13.1. The number of carbonyl (C=O) groups excluding carboxylic acids is 1. The summed E-state index contributed by atoms with van der Waals surface area (Å²) in [5.41, 5.74) is 0. The third-order valence-electron chi connectivity index (χ3n) is 19.3. The molecule has 3 saturated heterocycles. The number of hydrogen-bond acceptors (Lipinski definition) is 18. The molecule has 17 unspecified atom stereocenters. The Kier molecular flexibility index (Phi) is 53.4. The van der Waals surface area contributed by atoms with Crippen molar-refractivity contribution in [1.29, 1.82) is 0 Å². The Hall–Kier alpha value is -2.25. The third kappa shape index (κ3) is 38.7. The highest BCUT2D eigenvalue weighted by Gasteiger charge is 2.53. The van der Waals surface area contributed by atoms with Crippen LogP contribution >= 0.6 is 0 Å². The predicted molar refractivity (Wildman–Crippen MR) is 379 cm³/mol. The third-order valence-corrected chi connectivity index (χ3v) is 19.3. The lowest BCUT2D eigenvalue weighted by Crippen LogP contribution is -2.66. The van der Waals surface area contributed by atoms with Crippen LogP contribution in [0, 0.1) is 0 Å². The highest BCUT2D eigenvalue weighted by molar-refractivity contribution is 5.76. The van der Waals surface area contributed by atoms with Crippen LogP contribution in [-0.2, 0) is 33.2 Å². The van der Waals surface area contributed by atoms with Gasteiger partial charge in [0.15, 0.2) is 18.9 Å². The number of carbonyl (C=O) groups is 1. The minimum Gasteiger partial charge on any atom is -0.394 e. The number of aliphatic hydroxyl groups is 11. The van der Waals surface area contributed by atoms with Gasteiger partial charge in [-0.2, -0.15) is 0 Å². The Balaban J connectivity index is 1.40. The molecule has 12 N–H and O–H groups in total. The first-order chi connectivity index (χ1) is 46.8. The maximum Gasteiger partial charge on any atom is 0.220 e. The van der Waals surface area contributed by atoms with E-state index in [-0.39, 0.29) is 18.9 Å². The second kappa shape index (κ2) is 58.3. The van der Waals surface area contributed by atoms with Crippen LogP contribution in [0.3, 0.4) is 0 Å². The van der Waals surface area contributed by atoms with Gasteiger partial charge in [-0.25, -0.2) is 0 Å². The fraction of sp³-hybridized carbons (Fsp3) is 0.883. The lowest BCUT2D eigenvalue weighted by atomic mass is 9.96. The van der Waals surface area contributed by atoms with Crippen LogP contribution in [0.2, 0.25) is 0 Å². The van der Waals surface area contributed by atoms with Crippen molar-refractivity contribution in [3.63, 3.8) is 0 Å². The Labute approximate surface area is 580 Å². The first-order valence-corrected chi connectivity index (χ1v) is 38.9. The molecule has 3 rings (SSSR count). The zero-order chi connectivity index (χ0) is 69.6. The highest BCUT2D eigenvalue weighted by Crippen LogP contribution is 2.33. The summed E-state index contributed by atoms with van der Waals surface area (Å²) in [5, 5.41) is 121. The number of allylic oxidation sites excluding steroid dienone is 7. The Bertz CT molecular complexity index is 1930. The van der Waals surface area contributed by atoms with E-state index in [2.05, 4.69) is 55.6 Å². The van der Waals surface area contributed by atoms with Gasteiger partial charge in [0.1, 0.15) is 73.2 Å². The van der Waals surface area contributed by atoms with Crippen molar-refractivity contribution in [1.82, 2.24) is 5.32 Å². The number of rotatable bonds is 61. The molecule has 0 spiro atoms. The second-order valence-electron chi connectivity index (χ2n) is 27.8. The lowest BCUT2D eigenvalue weighted by molar-refractivity contribution is -0.379. The van der Waals surface area contributed by atoms with Gasteiger partial charge in [0.2, 0.25) is 5.91 Å². The van der Waals surface area contributed by atoms with E-state index in [1.807, 2.05) is 6.08 Å². The van der Waals surface area contributed by atoms with Gasteiger partial charge in [-0.05, 0) is 64.2 Å². The molecule has 0 aromatic rings. The van der Waals surface area contributed by atoms with Crippen LogP contribution in [0.15, 0.2) is 48.6 Å². The summed E-state index contributed by atoms with van der Waals surface area (Å²) in [7, 11) is 0. The van der Waals surface area contributed by atoms with Crippen LogP contribution in [-0.4, -0.2) is 193 Å². The Morgan fingerprint density at radius 2 is 0.698 bits per heavy atom. The van der Waals surface area contributed by atoms with E-state index < -0.39 is 124 Å². The number of ether oxygens (including phenoxy) is 6. The summed E-state index contributed by atoms with van der Waals surface area (Å²) in [6.07, 6.45) is 45.2. The van der Waals surface area contributed by atoms with Gasteiger partial charge >= 0.3 is 0 Å². The van der Waals surface area contributed by atoms with Crippen LogP contribution in [0.1, 0.15) is 303 Å². The Morgan fingerprint density at radius 3 is 1.10 bits per heavy atom. The largest absolute Gasteiger partial charge is 0.394 e. The van der Waals surface area contributed by atoms with E-state index in [9.17, 15) is 61.0 Å². The van der Waals surface area contributed by atoms with Gasteiger partial charge in [0.05, 0.1) is 38.6 Å². The van der Waals surface area contributed by atoms with Crippen LogP contribution < -0.4 is 5.32 Å². The number of aliphatic hydroxyl groups excluding tert-OH is 11. The minimum absolute atomic E-state index is 0.237. The molecule has 3 heterocycles. The predicted octanol–water partition coefficient (Wildman–Crippen LogP) is 12.1. The van der Waals surface area contributed by atoms with Crippen LogP contribution in [0.25, 0.3) is 0 Å². The maximum atomic E-state index is 13.5. The Morgan fingerprint density at radius 1 is 0.375 bits per heavy atom. The van der Waals surface area contributed by atoms with E-state index in [1.165, 1.54) is 225 Å². The topological polar surface area (TPSA) is 307 Å². The molecular weight excluding hydrogens is 1230 g/mol. The quantitative estimate of drug-likeness (QED) is 0.0199. The second-order valence-corrected chi connectivity index (χ2v) is 27.8. The molecule has 17 atom stereocenters.